The molecule has 3 heteroatoms. The second-order valence-electron chi connectivity index (χ2n) is 4.46. The van der Waals surface area contributed by atoms with Crippen LogP contribution in [-0.4, -0.2) is 35.1 Å². The van der Waals surface area contributed by atoms with Crippen LogP contribution >= 0.6 is 0 Å². The Balaban J connectivity index is 2.21. The number of amides is 1. The third-order valence-electron chi connectivity index (χ3n) is 3.22. The number of rotatable bonds is 5. The molecule has 1 aromatic rings. The van der Waals surface area contributed by atoms with Gasteiger partial charge in [-0.05, 0) is 30.9 Å². The summed E-state index contributed by atoms with van der Waals surface area (Å²) in [5.41, 5.74) is 1.87. The fraction of sp³-hybridized carbons (Fsp3) is 0.500. The highest BCUT2D eigenvalue weighted by Crippen LogP contribution is 2.28. The van der Waals surface area contributed by atoms with E-state index in [2.05, 4.69) is 6.92 Å². The van der Waals surface area contributed by atoms with E-state index >= 15 is 0 Å². The Labute approximate surface area is 102 Å². The molecule has 17 heavy (non-hydrogen) atoms. The smallest absolute Gasteiger partial charge is 0.254 e. The monoisotopic (exact) mass is 233 g/mol. The lowest BCUT2D eigenvalue weighted by atomic mass is 10.0. The van der Waals surface area contributed by atoms with Gasteiger partial charge < -0.3 is 10.0 Å². The molecule has 92 valence electrons. The molecule has 0 radical (unpaired) electrons. The normalized spacial score (nSPS) is 14.7. The third-order valence-corrected chi connectivity index (χ3v) is 3.22. The van der Waals surface area contributed by atoms with Crippen LogP contribution in [0.1, 0.15) is 35.7 Å². The molecule has 1 saturated carbocycles. The van der Waals surface area contributed by atoms with Crippen molar-refractivity contribution in [2.24, 2.45) is 0 Å². The van der Waals surface area contributed by atoms with Gasteiger partial charge in [-0.1, -0.05) is 25.1 Å². The predicted molar refractivity (Wildman–Crippen MR) is 67.0 cm³/mol. The van der Waals surface area contributed by atoms with E-state index in [1.165, 1.54) is 0 Å². The summed E-state index contributed by atoms with van der Waals surface area (Å²) in [7, 11) is 0. The zero-order chi connectivity index (χ0) is 12.3. The van der Waals surface area contributed by atoms with E-state index in [9.17, 15) is 4.79 Å². The Morgan fingerprint density at radius 2 is 2.12 bits per heavy atom. The molecule has 1 amide bonds. The Morgan fingerprint density at radius 3 is 2.71 bits per heavy atom. The molecule has 0 unspecified atom stereocenters. The van der Waals surface area contributed by atoms with E-state index in [-0.39, 0.29) is 12.5 Å². The number of carbonyl (C=O) groups is 1. The van der Waals surface area contributed by atoms with Gasteiger partial charge in [0, 0.05) is 18.2 Å². The summed E-state index contributed by atoms with van der Waals surface area (Å²) >= 11 is 0. The van der Waals surface area contributed by atoms with Crippen LogP contribution in [0.15, 0.2) is 24.3 Å². The Hall–Kier alpha value is -1.35. The van der Waals surface area contributed by atoms with Crippen molar-refractivity contribution in [3.8, 4) is 0 Å². The first-order valence-electron chi connectivity index (χ1n) is 6.27. The van der Waals surface area contributed by atoms with Gasteiger partial charge in [0.25, 0.3) is 5.91 Å². The highest BCUT2D eigenvalue weighted by Gasteiger charge is 2.33. The number of hydrogen-bond acceptors (Lipinski definition) is 2. The maximum Gasteiger partial charge on any atom is 0.254 e. The lowest BCUT2D eigenvalue weighted by Crippen LogP contribution is -2.36. The SMILES string of the molecule is CCc1ccccc1C(=O)N(CCO)C1CC1. The van der Waals surface area contributed by atoms with Crippen molar-refractivity contribution < 1.29 is 9.90 Å². The average Bonchev–Trinajstić information content (AvgIpc) is 3.19. The molecule has 2 rings (SSSR count). The van der Waals surface area contributed by atoms with E-state index in [1.807, 2.05) is 29.2 Å². The van der Waals surface area contributed by atoms with Gasteiger partial charge in [0.1, 0.15) is 0 Å². The van der Waals surface area contributed by atoms with Gasteiger partial charge in [0.2, 0.25) is 0 Å². The number of aliphatic hydroxyl groups excluding tert-OH is 1. The molecule has 0 aliphatic heterocycles. The third kappa shape index (κ3) is 2.67. The molecule has 1 aliphatic carbocycles. The summed E-state index contributed by atoms with van der Waals surface area (Å²) in [4.78, 5) is 14.2. The maximum atomic E-state index is 12.4. The molecule has 0 atom stereocenters. The van der Waals surface area contributed by atoms with E-state index in [1.54, 1.807) is 0 Å². The van der Waals surface area contributed by atoms with Crippen LogP contribution in [0.5, 0.6) is 0 Å². The van der Waals surface area contributed by atoms with Crippen LogP contribution in [0.3, 0.4) is 0 Å². The second kappa shape index (κ2) is 5.32. The molecule has 3 nitrogen and oxygen atoms in total. The van der Waals surface area contributed by atoms with Gasteiger partial charge in [-0.15, -0.1) is 0 Å². The summed E-state index contributed by atoms with van der Waals surface area (Å²) in [5, 5.41) is 9.04. The number of carbonyl (C=O) groups excluding carboxylic acids is 1. The van der Waals surface area contributed by atoms with Gasteiger partial charge >= 0.3 is 0 Å². The number of benzene rings is 1. The summed E-state index contributed by atoms with van der Waals surface area (Å²) in [6, 6.07) is 8.09. The molecule has 0 aromatic heterocycles. The Kier molecular flexibility index (Phi) is 3.79. The van der Waals surface area contributed by atoms with Crippen LogP contribution in [0.2, 0.25) is 0 Å². The first kappa shape index (κ1) is 12.1. The van der Waals surface area contributed by atoms with Crippen LogP contribution < -0.4 is 0 Å². The van der Waals surface area contributed by atoms with E-state index in [4.69, 9.17) is 5.11 Å². The molecular weight excluding hydrogens is 214 g/mol. The molecule has 0 bridgehead atoms. The number of aryl methyl sites for hydroxylation is 1. The molecule has 0 saturated heterocycles. The number of aliphatic hydroxyl groups is 1. The van der Waals surface area contributed by atoms with Crippen molar-refractivity contribution >= 4 is 5.91 Å². The van der Waals surface area contributed by atoms with Gasteiger partial charge in [0.15, 0.2) is 0 Å². The van der Waals surface area contributed by atoms with Crippen LogP contribution in [0.25, 0.3) is 0 Å². The fourth-order valence-corrected chi connectivity index (χ4v) is 2.14. The summed E-state index contributed by atoms with van der Waals surface area (Å²) in [5.74, 6) is 0.0685. The summed E-state index contributed by atoms with van der Waals surface area (Å²) in [6.07, 6.45) is 3.00. The summed E-state index contributed by atoms with van der Waals surface area (Å²) in [6.45, 7) is 2.54. The molecule has 0 heterocycles. The first-order chi connectivity index (χ1) is 8.27. The zero-order valence-corrected chi connectivity index (χ0v) is 10.2. The van der Waals surface area contributed by atoms with Crippen LogP contribution in [-0.2, 0) is 6.42 Å². The molecule has 1 N–H and O–H groups in total. The highest BCUT2D eigenvalue weighted by atomic mass is 16.3. The van der Waals surface area contributed by atoms with Crippen LogP contribution in [0.4, 0.5) is 0 Å². The van der Waals surface area contributed by atoms with E-state index < -0.39 is 0 Å². The molecular formula is C14H19NO2. The minimum Gasteiger partial charge on any atom is -0.395 e. The van der Waals surface area contributed by atoms with E-state index in [0.717, 1.165) is 30.4 Å². The standard InChI is InChI=1S/C14H19NO2/c1-2-11-5-3-4-6-13(11)14(17)15(9-10-16)12-7-8-12/h3-6,12,16H,2,7-10H2,1H3. The lowest BCUT2D eigenvalue weighted by Gasteiger charge is -2.22. The van der Waals surface area contributed by atoms with Crippen LogP contribution in [0, 0.1) is 0 Å². The molecule has 0 spiro atoms. The zero-order valence-electron chi connectivity index (χ0n) is 10.2. The summed E-state index contributed by atoms with van der Waals surface area (Å²) < 4.78 is 0. The van der Waals surface area contributed by atoms with Crippen molar-refractivity contribution in [3.63, 3.8) is 0 Å². The minimum atomic E-state index is 0.0382. The highest BCUT2D eigenvalue weighted by molar-refractivity contribution is 5.96. The van der Waals surface area contributed by atoms with Crippen molar-refractivity contribution in [3.05, 3.63) is 35.4 Å². The maximum absolute atomic E-state index is 12.4. The topological polar surface area (TPSA) is 40.5 Å². The van der Waals surface area contributed by atoms with Gasteiger partial charge in [-0.2, -0.15) is 0 Å². The second-order valence-corrected chi connectivity index (χ2v) is 4.46. The molecule has 1 aliphatic rings. The Bertz CT molecular complexity index is 399. The van der Waals surface area contributed by atoms with Gasteiger partial charge in [0.05, 0.1) is 6.61 Å². The first-order valence-corrected chi connectivity index (χ1v) is 6.27. The lowest BCUT2D eigenvalue weighted by molar-refractivity contribution is 0.0706. The quantitative estimate of drug-likeness (QED) is 0.843. The van der Waals surface area contributed by atoms with Gasteiger partial charge in [-0.3, -0.25) is 4.79 Å². The van der Waals surface area contributed by atoms with Crippen molar-refractivity contribution in [1.82, 2.24) is 4.90 Å². The molecule has 1 aromatic carbocycles. The molecule has 1 fully saturated rings. The van der Waals surface area contributed by atoms with E-state index in [0.29, 0.717) is 12.6 Å². The van der Waals surface area contributed by atoms with Crippen molar-refractivity contribution in [2.45, 2.75) is 32.2 Å². The largest absolute Gasteiger partial charge is 0.395 e. The van der Waals surface area contributed by atoms with Crippen molar-refractivity contribution in [1.29, 1.82) is 0 Å². The van der Waals surface area contributed by atoms with Crippen molar-refractivity contribution in [2.75, 3.05) is 13.2 Å². The van der Waals surface area contributed by atoms with Gasteiger partial charge in [-0.25, -0.2) is 0 Å². The predicted octanol–water partition coefficient (Wildman–Crippen LogP) is 1.85. The minimum absolute atomic E-state index is 0.0382. The number of nitrogens with zero attached hydrogens (tertiary/aromatic N) is 1. The Morgan fingerprint density at radius 1 is 1.41 bits per heavy atom. The number of hydrogen-bond donors (Lipinski definition) is 1. The average molecular weight is 233 g/mol. The fourth-order valence-electron chi connectivity index (χ4n) is 2.14.